The van der Waals surface area contributed by atoms with E-state index < -0.39 is 6.10 Å². The van der Waals surface area contributed by atoms with Gasteiger partial charge < -0.3 is 14.2 Å². The number of unbranched alkanes of at least 4 members (excludes halogenated alkanes) is 16. The number of hydrogen-bond acceptors (Lipinski definition) is 6. The normalized spacial score (nSPS) is 12.8. The van der Waals surface area contributed by atoms with Crippen LogP contribution in [0.2, 0.25) is 0 Å². The molecule has 0 N–H and O–H groups in total. The van der Waals surface area contributed by atoms with Gasteiger partial charge in [0, 0.05) is 19.3 Å². The van der Waals surface area contributed by atoms with Crippen LogP contribution in [0.25, 0.3) is 0 Å². The topological polar surface area (TPSA) is 78.9 Å². The predicted molar refractivity (Wildman–Crippen MR) is 247 cm³/mol. The van der Waals surface area contributed by atoms with Crippen LogP contribution in [-0.4, -0.2) is 37.2 Å². The Kier molecular flexibility index (Phi) is 43.6. The molecule has 330 valence electrons. The molecule has 0 saturated heterocycles. The quantitative estimate of drug-likeness (QED) is 0.0265. The maximum Gasteiger partial charge on any atom is 0.306 e. The lowest BCUT2D eigenvalue weighted by atomic mass is 10.0. The third kappa shape index (κ3) is 43.7. The molecule has 0 aliphatic heterocycles. The van der Waals surface area contributed by atoms with Crippen molar-refractivity contribution >= 4 is 17.9 Å². The number of carbonyl (C=O) groups is 3. The summed E-state index contributed by atoms with van der Waals surface area (Å²) < 4.78 is 16.7. The first kappa shape index (κ1) is 54.6. The molecular formula is C52H86O6. The van der Waals surface area contributed by atoms with E-state index in [9.17, 15) is 14.4 Å². The number of rotatable bonds is 41. The van der Waals surface area contributed by atoms with Gasteiger partial charge in [-0.2, -0.15) is 0 Å². The summed E-state index contributed by atoms with van der Waals surface area (Å²) >= 11 is 0. The van der Waals surface area contributed by atoms with Crippen LogP contribution in [0, 0.1) is 0 Å². The Hall–Kier alpha value is -3.41. The van der Waals surface area contributed by atoms with Gasteiger partial charge in [0.2, 0.25) is 0 Å². The first-order valence-corrected chi connectivity index (χ1v) is 23.6. The van der Waals surface area contributed by atoms with E-state index in [1.54, 1.807) is 0 Å². The van der Waals surface area contributed by atoms with E-state index in [1.807, 2.05) is 0 Å². The highest BCUT2D eigenvalue weighted by molar-refractivity contribution is 5.71. The fraction of sp³-hybridized carbons (Fsp3) is 0.673. The fourth-order valence-corrected chi connectivity index (χ4v) is 6.15. The van der Waals surface area contributed by atoms with Crippen molar-refractivity contribution in [3.05, 3.63) is 85.1 Å². The molecule has 6 nitrogen and oxygen atoms in total. The highest BCUT2D eigenvalue weighted by Crippen LogP contribution is 2.14. The molecule has 0 aromatic heterocycles. The molecule has 0 saturated carbocycles. The van der Waals surface area contributed by atoms with Gasteiger partial charge in [0.15, 0.2) is 6.10 Å². The minimum atomic E-state index is -0.805. The molecule has 0 aromatic carbocycles. The zero-order chi connectivity index (χ0) is 42.3. The number of hydrogen-bond donors (Lipinski definition) is 0. The van der Waals surface area contributed by atoms with Gasteiger partial charge in [0.05, 0.1) is 0 Å². The van der Waals surface area contributed by atoms with Crippen LogP contribution in [0.5, 0.6) is 0 Å². The third-order valence-electron chi connectivity index (χ3n) is 9.65. The molecule has 0 bridgehead atoms. The molecule has 0 aliphatic rings. The highest BCUT2D eigenvalue weighted by Gasteiger charge is 2.19. The molecule has 0 aromatic rings. The average molecular weight is 807 g/mol. The molecular weight excluding hydrogens is 721 g/mol. The second-order valence-electron chi connectivity index (χ2n) is 15.3. The van der Waals surface area contributed by atoms with Gasteiger partial charge in [-0.3, -0.25) is 14.4 Å². The Morgan fingerprint density at radius 3 is 1.09 bits per heavy atom. The Bertz CT molecular complexity index is 1160. The molecule has 58 heavy (non-hydrogen) atoms. The van der Waals surface area contributed by atoms with Crippen LogP contribution in [0.15, 0.2) is 85.1 Å². The number of allylic oxidation sites excluding steroid dienone is 14. The van der Waals surface area contributed by atoms with Gasteiger partial charge in [0.25, 0.3) is 0 Å². The summed E-state index contributed by atoms with van der Waals surface area (Å²) in [5, 5.41) is 0. The second-order valence-corrected chi connectivity index (χ2v) is 15.3. The highest BCUT2D eigenvalue weighted by atomic mass is 16.6. The van der Waals surface area contributed by atoms with E-state index >= 15 is 0 Å². The Morgan fingerprint density at radius 1 is 0.362 bits per heavy atom. The summed E-state index contributed by atoms with van der Waals surface area (Å²) in [5.41, 5.74) is 0. The molecule has 0 radical (unpaired) electrons. The molecule has 0 rings (SSSR count). The summed E-state index contributed by atoms with van der Waals surface area (Å²) in [6.07, 6.45) is 58.5. The van der Waals surface area contributed by atoms with Crippen molar-refractivity contribution in [1.82, 2.24) is 0 Å². The summed E-state index contributed by atoms with van der Waals surface area (Å²) in [4.78, 5) is 37.8. The maximum absolute atomic E-state index is 12.7. The average Bonchev–Trinajstić information content (AvgIpc) is 3.22. The van der Waals surface area contributed by atoms with Gasteiger partial charge in [-0.1, -0.05) is 183 Å². The lowest BCUT2D eigenvalue weighted by Crippen LogP contribution is -2.30. The first-order chi connectivity index (χ1) is 28.5. The van der Waals surface area contributed by atoms with Crippen molar-refractivity contribution < 1.29 is 28.6 Å². The first-order valence-electron chi connectivity index (χ1n) is 23.6. The van der Waals surface area contributed by atoms with Crippen LogP contribution < -0.4 is 0 Å². The fourth-order valence-electron chi connectivity index (χ4n) is 6.15. The zero-order valence-electron chi connectivity index (χ0n) is 37.5. The number of ether oxygens (including phenoxy) is 3. The van der Waals surface area contributed by atoms with Crippen molar-refractivity contribution in [2.45, 2.75) is 213 Å². The second kappa shape index (κ2) is 46.3. The molecule has 0 spiro atoms. The van der Waals surface area contributed by atoms with E-state index in [4.69, 9.17) is 14.2 Å². The summed E-state index contributed by atoms with van der Waals surface area (Å²) in [6, 6.07) is 0. The van der Waals surface area contributed by atoms with E-state index in [-0.39, 0.29) is 37.5 Å². The molecule has 0 amide bonds. The van der Waals surface area contributed by atoms with E-state index in [0.717, 1.165) is 109 Å². The summed E-state index contributed by atoms with van der Waals surface area (Å²) in [5.74, 6) is -0.980. The third-order valence-corrected chi connectivity index (χ3v) is 9.65. The lowest BCUT2D eigenvalue weighted by Gasteiger charge is -2.18. The van der Waals surface area contributed by atoms with Crippen LogP contribution >= 0.6 is 0 Å². The van der Waals surface area contributed by atoms with Crippen LogP contribution in [-0.2, 0) is 28.6 Å². The zero-order valence-corrected chi connectivity index (χ0v) is 37.5. The largest absolute Gasteiger partial charge is 0.462 e. The molecule has 1 atom stereocenters. The van der Waals surface area contributed by atoms with Crippen LogP contribution in [0.4, 0.5) is 0 Å². The monoisotopic (exact) mass is 807 g/mol. The number of carbonyl (C=O) groups excluding carboxylic acids is 3. The van der Waals surface area contributed by atoms with Crippen molar-refractivity contribution in [2.75, 3.05) is 13.2 Å². The minimum Gasteiger partial charge on any atom is -0.462 e. The van der Waals surface area contributed by atoms with Gasteiger partial charge >= 0.3 is 17.9 Å². The standard InChI is InChI=1S/C52H86O6/c1-4-7-10-13-16-19-22-25-26-28-30-33-36-39-42-45-51(54)57-48-49(47-56-50(53)44-41-38-35-32-29-24-21-18-15-12-9-6-3)58-52(55)46-43-40-37-34-31-27-23-20-17-14-11-8-5-2/h7-8,10-11,16-17,19-20,25-27,30-31,33,49H,4-6,9,12-15,18,21-24,28-29,32,34-48H2,1-3H3/b10-7-,11-8-,19-16-,20-17-,26-25-,31-27-,33-30-. The van der Waals surface area contributed by atoms with Crippen molar-refractivity contribution in [3.8, 4) is 0 Å². The molecule has 0 aliphatic carbocycles. The van der Waals surface area contributed by atoms with Crippen molar-refractivity contribution in [1.29, 1.82) is 0 Å². The van der Waals surface area contributed by atoms with E-state index in [1.165, 1.54) is 57.8 Å². The lowest BCUT2D eigenvalue weighted by molar-refractivity contribution is -0.167. The smallest absolute Gasteiger partial charge is 0.306 e. The van der Waals surface area contributed by atoms with Gasteiger partial charge in [-0.15, -0.1) is 0 Å². The predicted octanol–water partition coefficient (Wildman–Crippen LogP) is 15.3. The van der Waals surface area contributed by atoms with Crippen LogP contribution in [0.3, 0.4) is 0 Å². The summed E-state index contributed by atoms with van der Waals surface area (Å²) in [7, 11) is 0. The molecule has 6 heteroatoms. The SMILES string of the molecule is CC/C=C\C/C=C\C/C=C\C/C=C\CCCCC(=O)OCC(COC(=O)CCCCCCCCCCCCCC)OC(=O)CCCCC/C=C\C/C=C\C/C=C\CC. The Morgan fingerprint density at radius 2 is 0.672 bits per heavy atom. The molecule has 0 fully saturated rings. The van der Waals surface area contributed by atoms with Crippen molar-refractivity contribution in [2.24, 2.45) is 0 Å². The maximum atomic E-state index is 12.7. The minimum absolute atomic E-state index is 0.101. The van der Waals surface area contributed by atoms with E-state index in [0.29, 0.717) is 12.8 Å². The molecule has 0 heterocycles. The molecule has 1 unspecified atom stereocenters. The van der Waals surface area contributed by atoms with Gasteiger partial charge in [-0.25, -0.2) is 0 Å². The van der Waals surface area contributed by atoms with Gasteiger partial charge in [0.1, 0.15) is 13.2 Å². The van der Waals surface area contributed by atoms with Gasteiger partial charge in [-0.05, 0) is 89.9 Å². The van der Waals surface area contributed by atoms with E-state index in [2.05, 4.69) is 106 Å². The summed E-state index contributed by atoms with van der Waals surface area (Å²) in [6.45, 7) is 6.32. The Balaban J connectivity index is 4.50. The van der Waals surface area contributed by atoms with Crippen LogP contribution in [0.1, 0.15) is 207 Å². The number of esters is 3. The van der Waals surface area contributed by atoms with Crippen molar-refractivity contribution in [3.63, 3.8) is 0 Å². The Labute approximate surface area is 356 Å².